The van der Waals surface area contributed by atoms with E-state index in [9.17, 15) is 0 Å². The van der Waals surface area contributed by atoms with E-state index in [1.54, 1.807) is 0 Å². The largest absolute Gasteiger partial charge is 0.378 e. The van der Waals surface area contributed by atoms with Crippen LogP contribution in [0.25, 0.3) is 32.8 Å². The number of anilines is 2. The molecule has 2 aromatic carbocycles. The van der Waals surface area contributed by atoms with Gasteiger partial charge in [0.1, 0.15) is 5.65 Å². The number of benzene rings is 2. The molecule has 0 atom stereocenters. The molecule has 0 saturated carbocycles. The summed E-state index contributed by atoms with van der Waals surface area (Å²) in [7, 11) is 8.22. The number of hydrogen-bond acceptors (Lipinski definition) is 3. The van der Waals surface area contributed by atoms with E-state index in [2.05, 4.69) is 71.3 Å². The fourth-order valence-electron chi connectivity index (χ4n) is 3.00. The quantitative estimate of drug-likeness (QED) is 0.608. The van der Waals surface area contributed by atoms with Gasteiger partial charge < -0.3 is 14.8 Å². The molecular formula is C19H20N4. The zero-order chi connectivity index (χ0) is 16.1. The van der Waals surface area contributed by atoms with E-state index in [0.717, 1.165) is 22.4 Å². The van der Waals surface area contributed by atoms with Gasteiger partial charge in [0.05, 0.1) is 5.52 Å². The highest BCUT2D eigenvalue weighted by Gasteiger charge is 2.09. The average molecular weight is 304 g/mol. The van der Waals surface area contributed by atoms with Gasteiger partial charge >= 0.3 is 0 Å². The van der Waals surface area contributed by atoms with Gasteiger partial charge in [0.25, 0.3) is 0 Å². The van der Waals surface area contributed by atoms with Crippen molar-refractivity contribution in [2.75, 3.05) is 38.0 Å². The Labute approximate surface area is 135 Å². The summed E-state index contributed by atoms with van der Waals surface area (Å²) in [6.45, 7) is 0. The summed E-state index contributed by atoms with van der Waals surface area (Å²) in [4.78, 5) is 12.5. The van der Waals surface area contributed by atoms with E-state index in [1.165, 1.54) is 21.8 Å². The molecule has 0 bridgehead atoms. The van der Waals surface area contributed by atoms with Crippen LogP contribution in [-0.4, -0.2) is 38.2 Å². The van der Waals surface area contributed by atoms with E-state index < -0.39 is 0 Å². The van der Waals surface area contributed by atoms with Crippen LogP contribution in [0.1, 0.15) is 0 Å². The molecule has 4 nitrogen and oxygen atoms in total. The lowest BCUT2D eigenvalue weighted by Crippen LogP contribution is -2.08. The number of nitrogens with zero attached hydrogens (tertiary/aromatic N) is 3. The van der Waals surface area contributed by atoms with Crippen molar-refractivity contribution in [3.63, 3.8) is 0 Å². The molecule has 2 heterocycles. The maximum Gasteiger partial charge on any atom is 0.139 e. The molecule has 2 aromatic heterocycles. The second-order valence-electron chi connectivity index (χ2n) is 6.41. The minimum Gasteiger partial charge on any atom is -0.378 e. The molecule has 0 aliphatic rings. The van der Waals surface area contributed by atoms with Gasteiger partial charge in [-0.25, -0.2) is 4.98 Å². The Morgan fingerprint density at radius 2 is 1.48 bits per heavy atom. The summed E-state index contributed by atoms with van der Waals surface area (Å²) in [5, 5.41) is 3.56. The van der Waals surface area contributed by atoms with Crippen molar-refractivity contribution in [1.29, 1.82) is 0 Å². The van der Waals surface area contributed by atoms with Crippen LogP contribution in [0.4, 0.5) is 11.4 Å². The molecule has 23 heavy (non-hydrogen) atoms. The van der Waals surface area contributed by atoms with Crippen molar-refractivity contribution in [2.45, 2.75) is 0 Å². The first-order valence-electron chi connectivity index (χ1n) is 7.74. The fraction of sp³-hybridized carbons (Fsp3) is 0.211. The van der Waals surface area contributed by atoms with Crippen LogP contribution >= 0.6 is 0 Å². The Balaban J connectivity index is 2.02. The molecule has 0 aliphatic carbocycles. The Bertz CT molecular complexity index is 1030. The van der Waals surface area contributed by atoms with Gasteiger partial charge in [-0.15, -0.1) is 0 Å². The molecule has 4 aromatic rings. The van der Waals surface area contributed by atoms with Crippen LogP contribution in [-0.2, 0) is 0 Å². The fourth-order valence-corrected chi connectivity index (χ4v) is 3.00. The number of pyridine rings is 1. The van der Waals surface area contributed by atoms with E-state index >= 15 is 0 Å². The Morgan fingerprint density at radius 3 is 2.22 bits per heavy atom. The molecule has 4 heteroatoms. The number of rotatable bonds is 2. The topological polar surface area (TPSA) is 35.2 Å². The standard InChI is InChI=1S/C19H20N4/c1-22(2)13-7-8-17-15(10-13)16-9-12-5-6-14(23(3)4)11-18(12)21-19(16)20-17/h5-11H,1-4H3,(H,20,21). The third-order valence-corrected chi connectivity index (χ3v) is 4.38. The van der Waals surface area contributed by atoms with Crippen molar-refractivity contribution in [3.05, 3.63) is 42.5 Å². The van der Waals surface area contributed by atoms with E-state index in [4.69, 9.17) is 4.98 Å². The van der Waals surface area contributed by atoms with Gasteiger partial charge in [-0.3, -0.25) is 0 Å². The molecule has 116 valence electrons. The van der Waals surface area contributed by atoms with Gasteiger partial charge in [0.15, 0.2) is 0 Å². The lowest BCUT2D eigenvalue weighted by Gasteiger charge is -2.12. The zero-order valence-electron chi connectivity index (χ0n) is 13.9. The van der Waals surface area contributed by atoms with Crippen molar-refractivity contribution in [1.82, 2.24) is 9.97 Å². The van der Waals surface area contributed by atoms with Crippen molar-refractivity contribution >= 4 is 44.2 Å². The summed E-state index contributed by atoms with van der Waals surface area (Å²) in [5.41, 5.74) is 5.44. The van der Waals surface area contributed by atoms with Gasteiger partial charge in [-0.05, 0) is 36.4 Å². The molecule has 0 aliphatic heterocycles. The Morgan fingerprint density at radius 1 is 0.783 bits per heavy atom. The molecule has 1 N–H and O–H groups in total. The van der Waals surface area contributed by atoms with Crippen LogP contribution in [0.15, 0.2) is 42.5 Å². The number of aromatic nitrogens is 2. The predicted octanol–water partition coefficient (Wildman–Crippen LogP) is 4.00. The Kier molecular flexibility index (Phi) is 2.94. The molecular weight excluding hydrogens is 284 g/mol. The van der Waals surface area contributed by atoms with Gasteiger partial charge in [0, 0.05) is 61.2 Å². The third-order valence-electron chi connectivity index (χ3n) is 4.38. The van der Waals surface area contributed by atoms with Crippen LogP contribution in [0.3, 0.4) is 0 Å². The first-order chi connectivity index (χ1) is 11.0. The minimum absolute atomic E-state index is 0.944. The minimum atomic E-state index is 0.944. The molecule has 0 amide bonds. The van der Waals surface area contributed by atoms with Crippen LogP contribution in [0, 0.1) is 0 Å². The van der Waals surface area contributed by atoms with Crippen LogP contribution < -0.4 is 9.80 Å². The maximum atomic E-state index is 4.84. The normalized spacial score (nSPS) is 11.5. The van der Waals surface area contributed by atoms with Crippen molar-refractivity contribution < 1.29 is 0 Å². The molecule has 0 saturated heterocycles. The summed E-state index contributed by atoms with van der Waals surface area (Å²) in [5.74, 6) is 0. The van der Waals surface area contributed by atoms with Crippen molar-refractivity contribution in [3.8, 4) is 0 Å². The summed E-state index contributed by atoms with van der Waals surface area (Å²) in [6.07, 6.45) is 0. The summed E-state index contributed by atoms with van der Waals surface area (Å²) >= 11 is 0. The molecule has 0 radical (unpaired) electrons. The lowest BCUT2D eigenvalue weighted by molar-refractivity contribution is 1.13. The van der Waals surface area contributed by atoms with Gasteiger partial charge in [0.2, 0.25) is 0 Å². The first-order valence-corrected chi connectivity index (χ1v) is 7.74. The van der Waals surface area contributed by atoms with E-state index in [1.807, 2.05) is 14.1 Å². The average Bonchev–Trinajstić information content (AvgIpc) is 2.88. The summed E-state index contributed by atoms with van der Waals surface area (Å²) < 4.78 is 0. The lowest BCUT2D eigenvalue weighted by atomic mass is 10.1. The highest BCUT2D eigenvalue weighted by molar-refractivity contribution is 6.10. The van der Waals surface area contributed by atoms with Crippen LogP contribution in [0.5, 0.6) is 0 Å². The molecule has 0 fully saturated rings. The number of H-pyrrole nitrogens is 1. The monoisotopic (exact) mass is 304 g/mol. The smallest absolute Gasteiger partial charge is 0.139 e. The highest BCUT2D eigenvalue weighted by Crippen LogP contribution is 2.31. The SMILES string of the molecule is CN(C)c1ccc2cc3c(nc2c1)[nH]c1ccc(N(C)C)cc13. The second-order valence-corrected chi connectivity index (χ2v) is 6.41. The second kappa shape index (κ2) is 4.88. The number of hydrogen-bond donors (Lipinski definition) is 1. The highest BCUT2D eigenvalue weighted by atomic mass is 15.1. The summed E-state index contributed by atoms with van der Waals surface area (Å²) in [6, 6.07) is 15.1. The molecule has 0 unspecified atom stereocenters. The number of aromatic amines is 1. The number of fused-ring (bicyclic) bond motifs is 4. The Hall–Kier alpha value is -2.75. The van der Waals surface area contributed by atoms with Crippen molar-refractivity contribution in [2.24, 2.45) is 0 Å². The van der Waals surface area contributed by atoms with E-state index in [-0.39, 0.29) is 0 Å². The predicted molar refractivity (Wildman–Crippen MR) is 99.8 cm³/mol. The van der Waals surface area contributed by atoms with Gasteiger partial charge in [-0.2, -0.15) is 0 Å². The molecule has 0 spiro atoms. The van der Waals surface area contributed by atoms with Gasteiger partial charge in [-0.1, -0.05) is 6.07 Å². The van der Waals surface area contributed by atoms with Crippen LogP contribution in [0.2, 0.25) is 0 Å². The molecule has 4 rings (SSSR count). The third kappa shape index (κ3) is 2.18. The zero-order valence-corrected chi connectivity index (χ0v) is 13.9. The first kappa shape index (κ1) is 13.9. The van der Waals surface area contributed by atoms with E-state index in [0.29, 0.717) is 0 Å². The maximum absolute atomic E-state index is 4.84. The number of nitrogens with one attached hydrogen (secondary N) is 1.